The number of aliphatic hydroxyl groups is 1. The molecule has 1 saturated heterocycles. The Balaban J connectivity index is 2.05. The zero-order valence-electron chi connectivity index (χ0n) is 10.6. The lowest BCUT2D eigenvalue weighted by atomic mass is 10.1. The van der Waals surface area contributed by atoms with E-state index >= 15 is 0 Å². The minimum absolute atomic E-state index is 0.0219. The van der Waals surface area contributed by atoms with Crippen LogP contribution in [0, 0.1) is 0 Å². The molecule has 1 heterocycles. The Morgan fingerprint density at radius 1 is 1.50 bits per heavy atom. The van der Waals surface area contributed by atoms with Gasteiger partial charge in [0.15, 0.2) is 0 Å². The molecule has 1 unspecified atom stereocenters. The van der Waals surface area contributed by atoms with E-state index in [2.05, 4.69) is 4.72 Å². The fraction of sp³-hybridized carbons (Fsp3) is 0.364. The maximum Gasteiger partial charge on any atom is 0.337 e. The van der Waals surface area contributed by atoms with Gasteiger partial charge in [-0.2, -0.15) is 9.03 Å². The number of aliphatic hydroxyl groups excluding tert-OH is 1. The maximum absolute atomic E-state index is 11.0. The van der Waals surface area contributed by atoms with Crippen LogP contribution in [0.5, 0.6) is 0 Å². The first-order valence-electron chi connectivity index (χ1n) is 5.90. The number of β-amino-alcohol motifs (C(OH)–C–C–N with tert-alkyl or cyclic N) is 1. The summed E-state index contributed by atoms with van der Waals surface area (Å²) < 4.78 is 22.9. The van der Waals surface area contributed by atoms with Gasteiger partial charge >= 0.3 is 5.97 Å². The Kier molecular flexibility index (Phi) is 4.18. The highest BCUT2D eigenvalue weighted by molar-refractivity contribution is 8.20. The Hall–Kier alpha value is -1.36. The minimum atomic E-state index is -3.15. The predicted octanol–water partition coefficient (Wildman–Crippen LogP) is 0.314. The molecule has 0 saturated carbocycles. The number of nitrogen functional groups attached to an aromatic ring is 1. The van der Waals surface area contributed by atoms with E-state index in [0.717, 1.165) is 0 Å². The molecule has 1 aromatic carbocycles. The van der Waals surface area contributed by atoms with E-state index < -0.39 is 23.2 Å². The van der Waals surface area contributed by atoms with Crippen molar-refractivity contribution in [2.75, 3.05) is 18.8 Å². The van der Waals surface area contributed by atoms with Crippen LogP contribution in [0.25, 0.3) is 0 Å². The van der Waals surface area contributed by atoms with Gasteiger partial charge in [0, 0.05) is 12.2 Å². The van der Waals surface area contributed by atoms with Crippen LogP contribution < -0.4 is 10.5 Å². The molecule has 0 radical (unpaired) electrons. The molecule has 2 rings (SSSR count). The maximum atomic E-state index is 11.0. The van der Waals surface area contributed by atoms with Gasteiger partial charge in [0.25, 0.3) is 0 Å². The summed E-state index contributed by atoms with van der Waals surface area (Å²) in [5, 5.41) is 18.3. The largest absolute Gasteiger partial charge is 0.478 e. The van der Waals surface area contributed by atoms with Gasteiger partial charge in [-0.25, -0.2) is 4.79 Å². The topological polar surface area (TPSA) is 139 Å². The summed E-state index contributed by atoms with van der Waals surface area (Å²) in [6.07, 6.45) is -0.578. The SMILES string of the molecule is Nc1ccc(CCN2CC(O)NS2(O)O)cc1C(=O)O. The van der Waals surface area contributed by atoms with Crippen molar-refractivity contribution in [3.05, 3.63) is 29.3 Å². The molecule has 0 bridgehead atoms. The highest BCUT2D eigenvalue weighted by Crippen LogP contribution is 2.43. The smallest absolute Gasteiger partial charge is 0.337 e. The fourth-order valence-corrected chi connectivity index (χ4v) is 3.29. The van der Waals surface area contributed by atoms with Crippen LogP contribution in [0.1, 0.15) is 15.9 Å². The van der Waals surface area contributed by atoms with Crippen molar-refractivity contribution >= 4 is 22.6 Å². The molecule has 8 nitrogen and oxygen atoms in total. The van der Waals surface area contributed by atoms with Crippen molar-refractivity contribution in [1.82, 2.24) is 9.03 Å². The molecule has 0 spiro atoms. The summed E-state index contributed by atoms with van der Waals surface area (Å²) in [4.78, 5) is 11.0. The average molecular weight is 303 g/mol. The van der Waals surface area contributed by atoms with Gasteiger partial charge < -0.3 is 15.9 Å². The molecule has 112 valence electrons. The second-order valence-electron chi connectivity index (χ2n) is 4.52. The van der Waals surface area contributed by atoms with Crippen LogP contribution in [0.2, 0.25) is 0 Å². The van der Waals surface area contributed by atoms with Gasteiger partial charge in [-0.15, -0.1) is 0 Å². The van der Waals surface area contributed by atoms with Crippen LogP contribution >= 0.6 is 11.0 Å². The van der Waals surface area contributed by atoms with Gasteiger partial charge in [0.1, 0.15) is 6.23 Å². The van der Waals surface area contributed by atoms with Gasteiger partial charge in [0.2, 0.25) is 0 Å². The third-order valence-electron chi connectivity index (χ3n) is 3.03. The van der Waals surface area contributed by atoms with Crippen molar-refractivity contribution in [2.24, 2.45) is 0 Å². The molecule has 1 fully saturated rings. The van der Waals surface area contributed by atoms with Gasteiger partial charge in [0.05, 0.1) is 12.1 Å². The van der Waals surface area contributed by atoms with E-state index in [0.29, 0.717) is 12.0 Å². The Bertz CT molecular complexity index is 525. The third kappa shape index (κ3) is 3.20. The third-order valence-corrected chi connectivity index (χ3v) is 4.67. The van der Waals surface area contributed by atoms with Crippen molar-refractivity contribution < 1.29 is 24.1 Å². The van der Waals surface area contributed by atoms with Gasteiger partial charge in [-0.05, 0) is 24.1 Å². The summed E-state index contributed by atoms with van der Waals surface area (Å²) in [5.74, 6) is -1.10. The first-order valence-corrected chi connectivity index (χ1v) is 7.40. The van der Waals surface area contributed by atoms with Crippen LogP contribution in [0.15, 0.2) is 18.2 Å². The molecular formula is C11H17N3O5S. The van der Waals surface area contributed by atoms with Gasteiger partial charge in [-0.3, -0.25) is 9.11 Å². The first kappa shape index (κ1) is 15.0. The van der Waals surface area contributed by atoms with E-state index in [1.807, 2.05) is 0 Å². The van der Waals surface area contributed by atoms with E-state index in [1.54, 1.807) is 6.07 Å². The molecule has 1 aliphatic rings. The number of carboxylic acids is 1. The molecule has 9 heteroatoms. The average Bonchev–Trinajstić information content (AvgIpc) is 2.60. The molecule has 0 aromatic heterocycles. The predicted molar refractivity (Wildman–Crippen MR) is 75.1 cm³/mol. The number of nitrogens with one attached hydrogen (secondary N) is 1. The second kappa shape index (κ2) is 5.56. The molecule has 20 heavy (non-hydrogen) atoms. The van der Waals surface area contributed by atoms with Crippen LogP contribution in [0.3, 0.4) is 0 Å². The number of hydrogen-bond donors (Lipinski definition) is 6. The van der Waals surface area contributed by atoms with Crippen LogP contribution in [-0.2, 0) is 6.42 Å². The molecule has 1 aliphatic heterocycles. The zero-order valence-corrected chi connectivity index (χ0v) is 11.4. The number of carboxylic acid groups (broad SMARTS) is 1. The lowest BCUT2D eigenvalue weighted by Gasteiger charge is -2.35. The minimum Gasteiger partial charge on any atom is -0.478 e. The Morgan fingerprint density at radius 2 is 2.20 bits per heavy atom. The molecule has 1 aromatic rings. The number of nitrogens with zero attached hydrogens (tertiary/aromatic N) is 1. The van der Waals surface area contributed by atoms with Crippen molar-refractivity contribution in [3.8, 4) is 0 Å². The van der Waals surface area contributed by atoms with E-state index in [9.17, 15) is 19.0 Å². The lowest BCUT2D eigenvalue weighted by Crippen LogP contribution is -2.27. The quantitative estimate of drug-likeness (QED) is 0.437. The molecular weight excluding hydrogens is 286 g/mol. The molecule has 0 amide bonds. The molecule has 1 atom stereocenters. The molecule has 0 aliphatic carbocycles. The number of aromatic carboxylic acids is 1. The number of rotatable bonds is 4. The zero-order chi connectivity index (χ0) is 14.9. The monoisotopic (exact) mass is 303 g/mol. The summed E-state index contributed by atoms with van der Waals surface area (Å²) in [6, 6.07) is 4.66. The summed E-state index contributed by atoms with van der Waals surface area (Å²) in [6.45, 7) is 0.373. The molecule has 7 N–H and O–H groups in total. The lowest BCUT2D eigenvalue weighted by molar-refractivity contribution is 0.0698. The van der Waals surface area contributed by atoms with Crippen molar-refractivity contribution in [2.45, 2.75) is 12.6 Å². The number of nitrogens with two attached hydrogens (primary N) is 1. The van der Waals surface area contributed by atoms with Crippen LogP contribution in [0.4, 0.5) is 5.69 Å². The van der Waals surface area contributed by atoms with Crippen LogP contribution in [-0.4, -0.2) is 48.9 Å². The Morgan fingerprint density at radius 3 is 2.75 bits per heavy atom. The van der Waals surface area contributed by atoms with E-state index in [1.165, 1.54) is 16.4 Å². The van der Waals surface area contributed by atoms with Crippen molar-refractivity contribution in [3.63, 3.8) is 0 Å². The summed E-state index contributed by atoms with van der Waals surface area (Å²) >= 11 is 0. The highest BCUT2D eigenvalue weighted by atomic mass is 32.3. The van der Waals surface area contributed by atoms with E-state index in [4.69, 9.17) is 10.8 Å². The number of carbonyl (C=O) groups is 1. The van der Waals surface area contributed by atoms with E-state index in [-0.39, 0.29) is 24.3 Å². The summed E-state index contributed by atoms with van der Waals surface area (Å²) in [7, 11) is -3.15. The van der Waals surface area contributed by atoms with Gasteiger partial charge in [-0.1, -0.05) is 17.0 Å². The number of anilines is 1. The summed E-state index contributed by atoms with van der Waals surface area (Å²) in [5.41, 5.74) is 6.48. The fourth-order valence-electron chi connectivity index (χ4n) is 2.01. The normalized spacial score (nSPS) is 23.6. The standard InChI is InChI=1S/C11H17N3O5S/c12-9-2-1-7(5-8(9)11(16)17)3-4-14-6-10(15)13-20(14,18)19/h1-2,5,10,13,15,18-19H,3-4,6,12H2,(H,16,17). The number of hydrogen-bond acceptors (Lipinski definition) is 7. The number of benzene rings is 1. The Labute approximate surface area is 117 Å². The van der Waals surface area contributed by atoms with Crippen molar-refractivity contribution in [1.29, 1.82) is 0 Å². The second-order valence-corrected chi connectivity index (χ2v) is 6.31. The first-order chi connectivity index (χ1) is 9.29. The highest BCUT2D eigenvalue weighted by Gasteiger charge is 2.34.